The summed E-state index contributed by atoms with van der Waals surface area (Å²) >= 11 is 0. The molecule has 30 heavy (non-hydrogen) atoms. The Kier molecular flexibility index (Phi) is 5.61. The molecular formula is C23H20FN3O3. The van der Waals surface area contributed by atoms with E-state index in [1.165, 1.54) is 12.1 Å². The molecule has 0 spiro atoms. The Balaban J connectivity index is 1.33. The largest absolute Gasteiger partial charge is 0.497 e. The first-order chi connectivity index (χ1) is 14.6. The number of ether oxygens (including phenoxy) is 2. The van der Waals surface area contributed by atoms with Crippen molar-refractivity contribution >= 4 is 16.8 Å². The first-order valence-corrected chi connectivity index (χ1v) is 9.38. The molecule has 0 aliphatic heterocycles. The summed E-state index contributed by atoms with van der Waals surface area (Å²) in [6.45, 7) is 0.559. The summed E-state index contributed by atoms with van der Waals surface area (Å²) in [5.41, 5.74) is 1.79. The molecule has 0 aliphatic rings. The third kappa shape index (κ3) is 4.57. The predicted octanol–water partition coefficient (Wildman–Crippen LogP) is 4.29. The zero-order valence-corrected chi connectivity index (χ0v) is 16.3. The minimum atomic E-state index is -0.374. The van der Waals surface area contributed by atoms with Gasteiger partial charge in [-0.1, -0.05) is 12.1 Å². The molecule has 2 heterocycles. The molecule has 7 heteroatoms. The van der Waals surface area contributed by atoms with Crippen LogP contribution in [0, 0.1) is 5.82 Å². The number of hydrogen-bond donors (Lipinski definition) is 1. The molecule has 4 rings (SSSR count). The summed E-state index contributed by atoms with van der Waals surface area (Å²) in [4.78, 5) is 16.6. The summed E-state index contributed by atoms with van der Waals surface area (Å²) in [5.74, 6) is 1.02. The van der Waals surface area contributed by atoms with Crippen molar-refractivity contribution in [3.8, 4) is 17.4 Å². The van der Waals surface area contributed by atoms with E-state index >= 15 is 0 Å². The van der Waals surface area contributed by atoms with Crippen molar-refractivity contribution in [1.29, 1.82) is 0 Å². The summed E-state index contributed by atoms with van der Waals surface area (Å²) in [6, 6.07) is 17.0. The molecule has 0 fully saturated rings. The lowest BCUT2D eigenvalue weighted by molar-refractivity contribution is -0.121. The van der Waals surface area contributed by atoms with E-state index in [-0.39, 0.29) is 18.3 Å². The number of hydrogen-bond acceptors (Lipinski definition) is 4. The van der Waals surface area contributed by atoms with Gasteiger partial charge in [-0.3, -0.25) is 4.79 Å². The fourth-order valence-electron chi connectivity index (χ4n) is 3.08. The SMILES string of the molecule is COc1ccc2c(ccn2CC(=O)NCc2ccc(Oc3cccc(F)c3)nc2)c1. The lowest BCUT2D eigenvalue weighted by Crippen LogP contribution is -2.26. The summed E-state index contributed by atoms with van der Waals surface area (Å²) in [7, 11) is 1.63. The van der Waals surface area contributed by atoms with Crippen LogP contribution in [0.3, 0.4) is 0 Å². The second-order valence-electron chi connectivity index (χ2n) is 6.71. The quantitative estimate of drug-likeness (QED) is 0.498. The highest BCUT2D eigenvalue weighted by Crippen LogP contribution is 2.22. The maximum Gasteiger partial charge on any atom is 0.240 e. The van der Waals surface area contributed by atoms with E-state index in [9.17, 15) is 9.18 Å². The maximum absolute atomic E-state index is 13.2. The van der Waals surface area contributed by atoms with Gasteiger partial charge in [-0.2, -0.15) is 0 Å². The standard InChI is InChI=1S/C23H20FN3O3/c1-29-19-6-7-21-17(11-19)9-10-27(21)15-22(28)25-13-16-5-8-23(26-14-16)30-20-4-2-3-18(24)12-20/h2-12,14H,13,15H2,1H3,(H,25,28). The summed E-state index contributed by atoms with van der Waals surface area (Å²) < 4.78 is 25.8. The van der Waals surface area contributed by atoms with Crippen LogP contribution in [-0.4, -0.2) is 22.6 Å². The first-order valence-electron chi connectivity index (χ1n) is 9.38. The van der Waals surface area contributed by atoms with Crippen molar-refractivity contribution in [3.05, 3.63) is 84.4 Å². The van der Waals surface area contributed by atoms with Crippen LogP contribution in [0.5, 0.6) is 17.4 Å². The van der Waals surface area contributed by atoms with Gasteiger partial charge in [0.2, 0.25) is 11.8 Å². The lowest BCUT2D eigenvalue weighted by Gasteiger charge is -2.09. The van der Waals surface area contributed by atoms with Crippen molar-refractivity contribution in [2.45, 2.75) is 13.1 Å². The minimum Gasteiger partial charge on any atom is -0.497 e. The van der Waals surface area contributed by atoms with Gasteiger partial charge in [-0.15, -0.1) is 0 Å². The van der Waals surface area contributed by atoms with E-state index < -0.39 is 0 Å². The number of amides is 1. The molecule has 152 valence electrons. The van der Waals surface area contributed by atoms with E-state index in [0.717, 1.165) is 22.2 Å². The van der Waals surface area contributed by atoms with E-state index in [4.69, 9.17) is 9.47 Å². The monoisotopic (exact) mass is 405 g/mol. The third-order valence-corrected chi connectivity index (χ3v) is 4.60. The predicted molar refractivity (Wildman–Crippen MR) is 111 cm³/mol. The molecule has 0 radical (unpaired) electrons. The van der Waals surface area contributed by atoms with E-state index in [1.54, 1.807) is 37.6 Å². The molecular weight excluding hydrogens is 385 g/mol. The first kappa shape index (κ1) is 19.4. The van der Waals surface area contributed by atoms with Crippen LogP contribution < -0.4 is 14.8 Å². The van der Waals surface area contributed by atoms with Crippen molar-refractivity contribution in [2.24, 2.45) is 0 Å². The zero-order chi connectivity index (χ0) is 20.9. The van der Waals surface area contributed by atoms with Crippen molar-refractivity contribution in [1.82, 2.24) is 14.9 Å². The van der Waals surface area contributed by atoms with Gasteiger partial charge < -0.3 is 19.4 Å². The van der Waals surface area contributed by atoms with Gasteiger partial charge in [-0.05, 0) is 42.0 Å². The maximum atomic E-state index is 13.2. The lowest BCUT2D eigenvalue weighted by atomic mass is 10.2. The smallest absolute Gasteiger partial charge is 0.240 e. The topological polar surface area (TPSA) is 65.4 Å². The molecule has 0 aliphatic carbocycles. The van der Waals surface area contributed by atoms with Gasteiger partial charge in [0.05, 0.1) is 7.11 Å². The van der Waals surface area contributed by atoms with Crippen LogP contribution >= 0.6 is 0 Å². The van der Waals surface area contributed by atoms with Crippen LogP contribution in [0.25, 0.3) is 10.9 Å². The van der Waals surface area contributed by atoms with Crippen LogP contribution in [0.2, 0.25) is 0 Å². The van der Waals surface area contributed by atoms with Crippen LogP contribution in [0.4, 0.5) is 4.39 Å². The van der Waals surface area contributed by atoms with E-state index in [0.29, 0.717) is 18.2 Å². The number of carbonyl (C=O) groups excluding carboxylic acids is 1. The molecule has 4 aromatic rings. The van der Waals surface area contributed by atoms with Gasteiger partial charge in [0.25, 0.3) is 0 Å². The van der Waals surface area contributed by atoms with Crippen molar-refractivity contribution in [2.75, 3.05) is 7.11 Å². The molecule has 0 unspecified atom stereocenters. The number of halogens is 1. The number of benzene rings is 2. The molecule has 2 aromatic heterocycles. The van der Waals surface area contributed by atoms with Crippen LogP contribution in [-0.2, 0) is 17.9 Å². The van der Waals surface area contributed by atoms with E-state index in [2.05, 4.69) is 10.3 Å². The van der Waals surface area contributed by atoms with Crippen LogP contribution in [0.1, 0.15) is 5.56 Å². The second-order valence-corrected chi connectivity index (χ2v) is 6.71. The Bertz CT molecular complexity index is 1170. The molecule has 1 N–H and O–H groups in total. The van der Waals surface area contributed by atoms with Gasteiger partial charge in [0.15, 0.2) is 0 Å². The fourth-order valence-corrected chi connectivity index (χ4v) is 3.08. The van der Waals surface area contributed by atoms with Gasteiger partial charge in [0.1, 0.15) is 23.9 Å². The van der Waals surface area contributed by atoms with Crippen molar-refractivity contribution < 1.29 is 18.7 Å². The number of methoxy groups -OCH3 is 1. The Hall–Kier alpha value is -3.87. The number of nitrogens with one attached hydrogen (secondary N) is 1. The van der Waals surface area contributed by atoms with Crippen molar-refractivity contribution in [3.63, 3.8) is 0 Å². The highest BCUT2D eigenvalue weighted by atomic mass is 19.1. The Morgan fingerprint density at radius 3 is 2.77 bits per heavy atom. The van der Waals surface area contributed by atoms with Crippen LogP contribution in [0.15, 0.2) is 73.1 Å². The molecule has 0 bridgehead atoms. The average Bonchev–Trinajstić information content (AvgIpc) is 3.15. The molecule has 2 aromatic carbocycles. The molecule has 0 atom stereocenters. The molecule has 0 saturated heterocycles. The normalized spacial score (nSPS) is 10.7. The summed E-state index contributed by atoms with van der Waals surface area (Å²) in [6.07, 6.45) is 3.50. The second kappa shape index (κ2) is 8.65. The number of rotatable bonds is 7. The van der Waals surface area contributed by atoms with Gasteiger partial charge >= 0.3 is 0 Å². The molecule has 0 saturated carbocycles. The fraction of sp³-hybridized carbons (Fsp3) is 0.130. The minimum absolute atomic E-state index is 0.108. The highest BCUT2D eigenvalue weighted by molar-refractivity contribution is 5.84. The van der Waals surface area contributed by atoms with Gasteiger partial charge in [-0.25, -0.2) is 9.37 Å². The number of carbonyl (C=O) groups is 1. The average molecular weight is 405 g/mol. The molecule has 1 amide bonds. The number of fused-ring (bicyclic) bond motifs is 1. The zero-order valence-electron chi connectivity index (χ0n) is 16.3. The summed E-state index contributed by atoms with van der Waals surface area (Å²) in [5, 5.41) is 3.90. The third-order valence-electron chi connectivity index (χ3n) is 4.60. The van der Waals surface area contributed by atoms with Gasteiger partial charge in [0, 0.05) is 42.0 Å². The Morgan fingerprint density at radius 1 is 1.10 bits per heavy atom. The molecule has 6 nitrogen and oxygen atoms in total. The number of aromatic nitrogens is 2. The number of nitrogens with zero attached hydrogens (tertiary/aromatic N) is 2. The Labute approximate surface area is 172 Å². The van der Waals surface area contributed by atoms with E-state index in [1.807, 2.05) is 35.0 Å². The highest BCUT2D eigenvalue weighted by Gasteiger charge is 2.08. The Morgan fingerprint density at radius 2 is 2.00 bits per heavy atom. The number of pyridine rings is 1.